The molecular formula is C20H29N3O4. The molecule has 2 fully saturated rings. The topological polar surface area (TPSA) is 103 Å². The fourth-order valence-electron chi connectivity index (χ4n) is 4.78. The summed E-state index contributed by atoms with van der Waals surface area (Å²) < 4.78 is 5.99. The first kappa shape index (κ1) is 18.7. The van der Waals surface area contributed by atoms with E-state index in [4.69, 9.17) is 4.74 Å². The van der Waals surface area contributed by atoms with Gasteiger partial charge in [-0.15, -0.1) is 0 Å². The van der Waals surface area contributed by atoms with E-state index in [1.807, 2.05) is 6.92 Å². The molecule has 148 valence electrons. The second-order valence-electron chi connectivity index (χ2n) is 8.53. The van der Waals surface area contributed by atoms with Crippen LogP contribution in [-0.2, 0) is 17.6 Å². The van der Waals surface area contributed by atoms with Crippen molar-refractivity contribution in [2.24, 2.45) is 0 Å². The molecule has 4 rings (SSSR count). The van der Waals surface area contributed by atoms with Crippen molar-refractivity contribution in [3.63, 3.8) is 0 Å². The van der Waals surface area contributed by atoms with Crippen LogP contribution in [0.15, 0.2) is 10.9 Å². The average molecular weight is 375 g/mol. The maximum Gasteiger partial charge on any atom is 0.261 e. The monoisotopic (exact) mass is 375 g/mol. The number of carbonyl (C=O) groups is 1. The minimum Gasteiger partial charge on any atom is -0.388 e. The van der Waals surface area contributed by atoms with Crippen LogP contribution in [0.25, 0.3) is 0 Å². The number of aryl methyl sites for hydroxylation is 2. The van der Waals surface area contributed by atoms with Gasteiger partial charge in [-0.05, 0) is 70.2 Å². The summed E-state index contributed by atoms with van der Waals surface area (Å²) in [6.45, 7) is 3.78. The Morgan fingerprint density at radius 3 is 2.81 bits per heavy atom. The van der Waals surface area contributed by atoms with E-state index < -0.39 is 17.6 Å². The van der Waals surface area contributed by atoms with Gasteiger partial charge in [0.05, 0.1) is 17.7 Å². The fraction of sp³-hybridized carbons (Fsp3) is 0.700. The number of aliphatic hydroxyl groups excluding tert-OH is 1. The molecule has 0 aromatic carbocycles. The number of carbonyl (C=O) groups excluding carboxylic acids is 1. The summed E-state index contributed by atoms with van der Waals surface area (Å²) >= 11 is 0. The Balaban J connectivity index is 1.56. The van der Waals surface area contributed by atoms with Gasteiger partial charge in [-0.1, -0.05) is 0 Å². The Kier molecular flexibility index (Phi) is 4.86. The predicted octanol–water partition coefficient (Wildman–Crippen LogP) is 0.646. The summed E-state index contributed by atoms with van der Waals surface area (Å²) in [6, 6.07) is 1.73. The van der Waals surface area contributed by atoms with Crippen LogP contribution in [0.5, 0.6) is 0 Å². The minimum atomic E-state index is -0.824. The first-order valence-electron chi connectivity index (χ1n) is 10.0. The molecule has 27 heavy (non-hydrogen) atoms. The average Bonchev–Trinajstić information content (AvgIpc) is 2.65. The highest BCUT2D eigenvalue weighted by molar-refractivity contribution is 5.94. The van der Waals surface area contributed by atoms with Crippen LogP contribution in [0.2, 0.25) is 0 Å². The summed E-state index contributed by atoms with van der Waals surface area (Å²) in [5, 5.41) is 16.9. The predicted molar refractivity (Wildman–Crippen MR) is 101 cm³/mol. The molecule has 2 aliphatic heterocycles. The molecule has 2 saturated heterocycles. The number of hydrogen-bond donors (Lipinski definition) is 4. The third kappa shape index (κ3) is 3.56. The Hall–Kier alpha value is -1.70. The first-order valence-corrected chi connectivity index (χ1v) is 10.0. The zero-order chi connectivity index (χ0) is 19.1. The van der Waals surface area contributed by atoms with E-state index in [1.54, 1.807) is 6.07 Å². The Morgan fingerprint density at radius 2 is 2.04 bits per heavy atom. The molecule has 3 heterocycles. The molecule has 1 amide bonds. The minimum absolute atomic E-state index is 0.134. The number of H-pyrrole nitrogens is 1. The molecule has 4 N–H and O–H groups in total. The van der Waals surface area contributed by atoms with Crippen molar-refractivity contribution in [1.29, 1.82) is 0 Å². The number of rotatable bonds is 2. The standard InChI is InChI=1S/C20H29N3O4/c1-19(12-20(27-11-16(19)24)6-8-21-9-7-20)23-18(26)14-10-13-4-2-3-5-15(13)22-17(14)25/h10,16,21,24H,2-9,11-12H2,1H3,(H,22,25)(H,23,26)/t16-,19-/m0/s1. The third-order valence-electron chi connectivity index (χ3n) is 6.47. The summed E-state index contributed by atoms with van der Waals surface area (Å²) in [6.07, 6.45) is 5.32. The molecule has 0 bridgehead atoms. The van der Waals surface area contributed by atoms with Gasteiger partial charge in [0.1, 0.15) is 11.7 Å². The number of pyridine rings is 1. The maximum absolute atomic E-state index is 12.9. The van der Waals surface area contributed by atoms with Crippen LogP contribution in [0.1, 0.15) is 60.6 Å². The van der Waals surface area contributed by atoms with Gasteiger partial charge < -0.3 is 25.5 Å². The first-order chi connectivity index (χ1) is 12.9. The number of aromatic amines is 1. The molecule has 7 nitrogen and oxygen atoms in total. The Labute approximate surface area is 158 Å². The van der Waals surface area contributed by atoms with E-state index in [2.05, 4.69) is 15.6 Å². The molecule has 1 aliphatic carbocycles. The number of nitrogens with one attached hydrogen (secondary N) is 3. The SMILES string of the molecule is C[C@]1(NC(=O)c2cc3c([nH]c2=O)CCCC3)CC2(CCNCC2)OC[C@@H]1O. The molecule has 2 atom stereocenters. The van der Waals surface area contributed by atoms with Gasteiger partial charge in [-0.2, -0.15) is 0 Å². The molecule has 0 unspecified atom stereocenters. The van der Waals surface area contributed by atoms with Gasteiger partial charge in [0.15, 0.2) is 0 Å². The van der Waals surface area contributed by atoms with Crippen molar-refractivity contribution in [2.75, 3.05) is 19.7 Å². The number of aromatic nitrogens is 1. The maximum atomic E-state index is 12.9. The summed E-state index contributed by atoms with van der Waals surface area (Å²) in [5.41, 5.74) is 0.640. The summed E-state index contributed by atoms with van der Waals surface area (Å²) in [7, 11) is 0. The third-order valence-corrected chi connectivity index (χ3v) is 6.47. The van der Waals surface area contributed by atoms with E-state index in [9.17, 15) is 14.7 Å². The van der Waals surface area contributed by atoms with Gasteiger partial charge in [0, 0.05) is 12.1 Å². The van der Waals surface area contributed by atoms with E-state index in [-0.39, 0.29) is 23.3 Å². The normalized spacial score (nSPS) is 29.9. The fourth-order valence-corrected chi connectivity index (χ4v) is 4.78. The summed E-state index contributed by atoms with van der Waals surface area (Å²) in [5.74, 6) is -0.419. The van der Waals surface area contributed by atoms with Crippen molar-refractivity contribution >= 4 is 5.91 Å². The number of amides is 1. The van der Waals surface area contributed by atoms with Crippen molar-refractivity contribution in [2.45, 2.75) is 69.1 Å². The molecule has 0 saturated carbocycles. The van der Waals surface area contributed by atoms with Gasteiger partial charge in [0.2, 0.25) is 0 Å². The Morgan fingerprint density at radius 1 is 1.30 bits per heavy atom. The second-order valence-corrected chi connectivity index (χ2v) is 8.53. The number of piperidine rings is 1. The van der Waals surface area contributed by atoms with Crippen LogP contribution in [0.3, 0.4) is 0 Å². The number of ether oxygens (including phenoxy) is 1. The van der Waals surface area contributed by atoms with Gasteiger partial charge in [-0.25, -0.2) is 0 Å². The highest BCUT2D eigenvalue weighted by atomic mass is 16.5. The zero-order valence-corrected chi connectivity index (χ0v) is 15.9. The number of hydrogen-bond acceptors (Lipinski definition) is 5. The molecular weight excluding hydrogens is 346 g/mol. The lowest BCUT2D eigenvalue weighted by Gasteiger charge is -2.50. The van der Waals surface area contributed by atoms with Crippen molar-refractivity contribution in [3.8, 4) is 0 Å². The molecule has 1 spiro atoms. The largest absolute Gasteiger partial charge is 0.388 e. The second kappa shape index (κ2) is 7.04. The van der Waals surface area contributed by atoms with Crippen LogP contribution in [-0.4, -0.2) is 52.9 Å². The lowest BCUT2D eigenvalue weighted by atomic mass is 9.75. The molecule has 0 radical (unpaired) electrons. The highest BCUT2D eigenvalue weighted by Gasteiger charge is 2.49. The summed E-state index contributed by atoms with van der Waals surface area (Å²) in [4.78, 5) is 28.3. The Bertz CT molecular complexity index is 784. The molecule has 3 aliphatic rings. The quantitative estimate of drug-likeness (QED) is 0.608. The van der Waals surface area contributed by atoms with Crippen molar-refractivity contribution < 1.29 is 14.6 Å². The van der Waals surface area contributed by atoms with Crippen molar-refractivity contribution in [1.82, 2.24) is 15.6 Å². The highest BCUT2D eigenvalue weighted by Crippen LogP contribution is 2.38. The number of aliphatic hydroxyl groups is 1. The van der Waals surface area contributed by atoms with Gasteiger partial charge in [-0.3, -0.25) is 9.59 Å². The smallest absolute Gasteiger partial charge is 0.261 e. The van der Waals surface area contributed by atoms with E-state index in [0.717, 1.165) is 62.9 Å². The van der Waals surface area contributed by atoms with Crippen LogP contribution in [0, 0.1) is 0 Å². The van der Waals surface area contributed by atoms with Crippen LogP contribution < -0.4 is 16.2 Å². The lowest BCUT2D eigenvalue weighted by Crippen LogP contribution is -2.65. The van der Waals surface area contributed by atoms with Crippen LogP contribution >= 0.6 is 0 Å². The molecule has 1 aromatic heterocycles. The van der Waals surface area contributed by atoms with E-state index in [1.165, 1.54) is 0 Å². The lowest BCUT2D eigenvalue weighted by molar-refractivity contribution is -0.169. The molecule has 7 heteroatoms. The van der Waals surface area contributed by atoms with Gasteiger partial charge in [0.25, 0.3) is 11.5 Å². The van der Waals surface area contributed by atoms with Crippen molar-refractivity contribution in [3.05, 3.63) is 33.2 Å². The zero-order valence-electron chi connectivity index (χ0n) is 15.9. The van der Waals surface area contributed by atoms with E-state index >= 15 is 0 Å². The number of fused-ring (bicyclic) bond motifs is 1. The van der Waals surface area contributed by atoms with Crippen LogP contribution in [0.4, 0.5) is 0 Å². The van der Waals surface area contributed by atoms with E-state index in [0.29, 0.717) is 6.42 Å². The molecule has 1 aromatic rings. The van der Waals surface area contributed by atoms with Gasteiger partial charge >= 0.3 is 0 Å².